The van der Waals surface area contributed by atoms with Crippen LogP contribution in [0.15, 0.2) is 0 Å². The van der Waals surface area contributed by atoms with E-state index in [2.05, 4.69) is 58.1 Å². The third-order valence-corrected chi connectivity index (χ3v) is 16.6. The van der Waals surface area contributed by atoms with Gasteiger partial charge in [-0.25, -0.2) is 8.42 Å². The first kappa shape index (κ1) is 46.8. The van der Waals surface area contributed by atoms with E-state index in [1.807, 2.05) is 39.8 Å². The van der Waals surface area contributed by atoms with Gasteiger partial charge in [-0.2, -0.15) is 35.3 Å². The van der Waals surface area contributed by atoms with E-state index in [9.17, 15) is 8.42 Å². The van der Waals surface area contributed by atoms with Crippen molar-refractivity contribution in [1.29, 1.82) is 0 Å². The van der Waals surface area contributed by atoms with Gasteiger partial charge in [-0.15, -0.1) is 0 Å². The number of thioether (sulfide) groups is 3. The van der Waals surface area contributed by atoms with E-state index in [0.29, 0.717) is 42.9 Å². The topological polar surface area (TPSA) is 89.5 Å². The van der Waals surface area contributed by atoms with Gasteiger partial charge in [0.15, 0.2) is 9.84 Å². The first-order valence-electron chi connectivity index (χ1n) is 18.2. The van der Waals surface area contributed by atoms with Crippen molar-refractivity contribution in [1.82, 2.24) is 0 Å². The van der Waals surface area contributed by atoms with Gasteiger partial charge >= 0.3 is 0 Å². The van der Waals surface area contributed by atoms with Crippen molar-refractivity contribution in [2.24, 2.45) is 11.8 Å². The number of ether oxygens (including phenoxy) is 6. The minimum atomic E-state index is -2.87. The van der Waals surface area contributed by atoms with Crippen molar-refractivity contribution in [3.63, 3.8) is 0 Å². The van der Waals surface area contributed by atoms with Crippen LogP contribution in [0.2, 0.25) is 0 Å². The van der Waals surface area contributed by atoms with Crippen LogP contribution in [0.25, 0.3) is 0 Å². The Morgan fingerprint density at radius 3 is 1.38 bits per heavy atom. The number of hydrogen-bond acceptors (Lipinski definition) is 11. The maximum absolute atomic E-state index is 11.5. The molecule has 288 valence electrons. The van der Waals surface area contributed by atoms with E-state index < -0.39 is 9.84 Å². The standard InChI is InChI=1S/C8H16O3S.C8H16O2.2C7H14OS.C6H12OS/c1-6(2)8-7(11-3)4-5-12(8,9)10;1-6(2)8-7(9-3)4-5-10-8;2*1-3-7-6(8-2)4-5-9-7;1-5-6(7-2)3-4-8-5/h6-8H,4-5H2,1-3H3;6-8H,4-5H2,1-3H3;2*6-7H,3-5H2,1-2H3;5-6H,3-4H2,1-2H3/t2*7-,8-;2*6-,7-;5-,6-/m10101/s1. The highest BCUT2D eigenvalue weighted by Crippen LogP contribution is 2.32. The van der Waals surface area contributed by atoms with E-state index in [1.165, 1.54) is 49.4 Å². The molecule has 0 N–H and O–H groups in total. The molecule has 5 fully saturated rings. The van der Waals surface area contributed by atoms with Crippen molar-refractivity contribution in [2.45, 2.75) is 151 Å². The third kappa shape index (κ3) is 15.8. The van der Waals surface area contributed by atoms with Gasteiger partial charge < -0.3 is 28.4 Å². The summed E-state index contributed by atoms with van der Waals surface area (Å²) in [6.07, 6.45) is 10.1. The quantitative estimate of drug-likeness (QED) is 0.232. The molecule has 12 heteroatoms. The Balaban J connectivity index is 0.000000302. The van der Waals surface area contributed by atoms with Crippen LogP contribution in [0.5, 0.6) is 0 Å². The van der Waals surface area contributed by atoms with E-state index >= 15 is 0 Å². The molecule has 8 nitrogen and oxygen atoms in total. The molecular formula is C36H72O8S4. The van der Waals surface area contributed by atoms with Gasteiger partial charge in [-0.3, -0.25) is 0 Å². The zero-order valence-corrected chi connectivity index (χ0v) is 35.6. The summed E-state index contributed by atoms with van der Waals surface area (Å²) in [6.45, 7) is 15.8. The predicted molar refractivity (Wildman–Crippen MR) is 209 cm³/mol. The van der Waals surface area contributed by atoms with Crippen LogP contribution in [-0.2, 0) is 38.3 Å². The molecule has 0 spiro atoms. The van der Waals surface area contributed by atoms with Gasteiger partial charge in [0, 0.05) is 57.9 Å². The van der Waals surface area contributed by atoms with Crippen LogP contribution in [0.3, 0.4) is 0 Å². The summed E-state index contributed by atoms with van der Waals surface area (Å²) in [5, 5.41) is 1.98. The Bertz CT molecular complexity index is 866. The summed E-state index contributed by atoms with van der Waals surface area (Å²) in [5.41, 5.74) is 0. The minimum Gasteiger partial charge on any atom is -0.380 e. The molecule has 0 bridgehead atoms. The second kappa shape index (κ2) is 25.7. The molecule has 0 radical (unpaired) electrons. The summed E-state index contributed by atoms with van der Waals surface area (Å²) in [4.78, 5) is 0. The summed E-state index contributed by atoms with van der Waals surface area (Å²) >= 11 is 6.10. The van der Waals surface area contributed by atoms with Gasteiger partial charge in [0.05, 0.1) is 47.6 Å². The first-order valence-corrected chi connectivity index (χ1v) is 23.0. The minimum absolute atomic E-state index is 0.0880. The van der Waals surface area contributed by atoms with Crippen LogP contribution in [0.4, 0.5) is 0 Å². The lowest BCUT2D eigenvalue weighted by Crippen LogP contribution is -2.32. The fourth-order valence-electron chi connectivity index (χ4n) is 6.95. The molecule has 10 atom stereocenters. The zero-order chi connectivity index (χ0) is 36.3. The molecule has 5 rings (SSSR count). The lowest BCUT2D eigenvalue weighted by atomic mass is 10.0. The second-order valence-corrected chi connectivity index (χ2v) is 20.1. The number of methoxy groups -OCH3 is 5. The molecule has 5 saturated heterocycles. The Labute approximate surface area is 308 Å². The van der Waals surface area contributed by atoms with Gasteiger partial charge in [0.1, 0.15) is 0 Å². The fourth-order valence-corrected chi connectivity index (χ4v) is 13.3. The average Bonchev–Trinajstić information content (AvgIpc) is 3.91. The highest BCUT2D eigenvalue weighted by Gasteiger charge is 2.42. The average molecular weight is 761 g/mol. The maximum atomic E-state index is 11.5. The largest absolute Gasteiger partial charge is 0.380 e. The van der Waals surface area contributed by atoms with E-state index in [-0.39, 0.29) is 23.0 Å². The number of hydrogen-bond donors (Lipinski definition) is 0. The molecule has 5 aliphatic rings. The summed E-state index contributed by atoms with van der Waals surface area (Å²) in [6, 6.07) is 0. The lowest BCUT2D eigenvalue weighted by Gasteiger charge is -2.20. The van der Waals surface area contributed by atoms with Crippen molar-refractivity contribution in [3.05, 3.63) is 0 Å². The van der Waals surface area contributed by atoms with Gasteiger partial charge in [-0.1, -0.05) is 48.5 Å². The Kier molecular flexibility index (Phi) is 25.0. The molecule has 0 aromatic rings. The molecule has 0 saturated carbocycles. The summed E-state index contributed by atoms with van der Waals surface area (Å²) in [5.74, 6) is 4.87. The Morgan fingerprint density at radius 1 is 0.625 bits per heavy atom. The molecular weight excluding hydrogens is 689 g/mol. The van der Waals surface area contributed by atoms with Gasteiger partial charge in [-0.05, 0) is 74.0 Å². The molecule has 0 unspecified atom stereocenters. The lowest BCUT2D eigenvalue weighted by molar-refractivity contribution is -0.00915. The molecule has 0 amide bonds. The van der Waals surface area contributed by atoms with Crippen LogP contribution >= 0.6 is 35.3 Å². The Morgan fingerprint density at radius 2 is 1.08 bits per heavy atom. The summed E-state index contributed by atoms with van der Waals surface area (Å²) < 4.78 is 54.7. The van der Waals surface area contributed by atoms with Crippen LogP contribution < -0.4 is 0 Å². The molecule has 48 heavy (non-hydrogen) atoms. The van der Waals surface area contributed by atoms with Gasteiger partial charge in [0.2, 0.25) is 0 Å². The van der Waals surface area contributed by atoms with Gasteiger partial charge in [0.25, 0.3) is 0 Å². The van der Waals surface area contributed by atoms with Crippen LogP contribution in [0.1, 0.15) is 93.4 Å². The predicted octanol–water partition coefficient (Wildman–Crippen LogP) is 7.65. The second-order valence-electron chi connectivity index (χ2n) is 13.7. The van der Waals surface area contributed by atoms with Crippen molar-refractivity contribution in [2.75, 3.05) is 65.2 Å². The highest BCUT2D eigenvalue weighted by molar-refractivity contribution is 8.00. The fraction of sp³-hybridized carbons (Fsp3) is 1.00. The van der Waals surface area contributed by atoms with Crippen molar-refractivity contribution >= 4 is 45.1 Å². The monoisotopic (exact) mass is 760 g/mol. The Hall–Kier alpha value is 0.760. The molecule has 5 heterocycles. The molecule has 0 aromatic carbocycles. The number of sulfone groups is 1. The molecule has 5 aliphatic heterocycles. The zero-order valence-electron chi connectivity index (χ0n) is 32.3. The van der Waals surface area contributed by atoms with Crippen LogP contribution in [0, 0.1) is 11.8 Å². The smallest absolute Gasteiger partial charge is 0.156 e. The highest BCUT2D eigenvalue weighted by atomic mass is 32.2. The van der Waals surface area contributed by atoms with Crippen molar-refractivity contribution < 1.29 is 36.8 Å². The van der Waals surface area contributed by atoms with E-state index in [0.717, 1.165) is 28.8 Å². The van der Waals surface area contributed by atoms with Crippen molar-refractivity contribution in [3.8, 4) is 0 Å². The molecule has 0 aliphatic carbocycles. The number of rotatable bonds is 9. The third-order valence-electron chi connectivity index (χ3n) is 9.78. The van der Waals surface area contributed by atoms with E-state index in [4.69, 9.17) is 28.4 Å². The molecule has 0 aromatic heterocycles. The van der Waals surface area contributed by atoms with Crippen LogP contribution in [-0.4, -0.2) is 131 Å². The maximum Gasteiger partial charge on any atom is 0.156 e. The normalized spacial score (nSPS) is 35.2. The summed E-state index contributed by atoms with van der Waals surface area (Å²) in [7, 11) is 5.91. The first-order chi connectivity index (χ1) is 22.8. The SMILES string of the molecule is CC[C@@H]1SCC[C@@H]1OC.CC[C@H]1SCC[C@H]1OC.CO[C@@H]1CCS(=O)(=O)[C@@H]1C(C)C.CO[C@@H]1CCS[C@@H]1C.CO[C@H]1CCO[C@H]1C(C)C. The van der Waals surface area contributed by atoms with E-state index in [1.54, 1.807) is 21.3 Å².